The molecule has 0 bridgehead atoms. The van der Waals surface area contributed by atoms with Crippen LogP contribution in [0.3, 0.4) is 0 Å². The van der Waals surface area contributed by atoms with Crippen LogP contribution in [0.25, 0.3) is 0 Å². The summed E-state index contributed by atoms with van der Waals surface area (Å²) in [5.41, 5.74) is 2.19. The third-order valence-electron chi connectivity index (χ3n) is 5.79. The van der Waals surface area contributed by atoms with Crippen LogP contribution >= 0.6 is 0 Å². The molecule has 1 saturated carbocycles. The van der Waals surface area contributed by atoms with Gasteiger partial charge in [-0.05, 0) is 80.8 Å². The second-order valence-electron chi connectivity index (χ2n) is 8.25. The van der Waals surface area contributed by atoms with Gasteiger partial charge in [0.05, 0.1) is 12.6 Å². The van der Waals surface area contributed by atoms with E-state index in [1.54, 1.807) is 36.9 Å². The summed E-state index contributed by atoms with van der Waals surface area (Å²) in [6, 6.07) is 10.1. The number of anilines is 1. The minimum atomic E-state index is -0.445. The molecule has 0 unspecified atom stereocenters. The maximum Gasteiger partial charge on any atom is 0.274 e. The molecule has 1 amide bonds. The number of hydrogen-bond donors (Lipinski definition) is 2. The molecule has 1 aliphatic carbocycles. The number of halogens is 1. The number of hydrogen-bond acceptors (Lipinski definition) is 5. The van der Waals surface area contributed by atoms with Crippen LogP contribution < -0.4 is 16.2 Å². The van der Waals surface area contributed by atoms with Gasteiger partial charge in [-0.15, -0.1) is 0 Å². The Morgan fingerprint density at radius 3 is 2.52 bits per heavy atom. The number of nitrogens with zero attached hydrogens (tertiary/aromatic N) is 2. The number of pyridine rings is 2. The Morgan fingerprint density at radius 1 is 1.12 bits per heavy atom. The molecule has 8 heteroatoms. The first-order valence-electron chi connectivity index (χ1n) is 10.8. The Labute approximate surface area is 190 Å². The van der Waals surface area contributed by atoms with Crippen molar-refractivity contribution in [3.05, 3.63) is 93.4 Å². The first kappa shape index (κ1) is 22.5. The summed E-state index contributed by atoms with van der Waals surface area (Å²) in [7, 11) is 1.67. The molecule has 1 atom stereocenters. The van der Waals surface area contributed by atoms with Gasteiger partial charge in [-0.2, -0.15) is 0 Å². The zero-order chi connectivity index (χ0) is 23.5. The van der Waals surface area contributed by atoms with Crippen LogP contribution in [-0.2, 0) is 11.3 Å². The van der Waals surface area contributed by atoms with E-state index in [1.165, 1.54) is 30.5 Å². The summed E-state index contributed by atoms with van der Waals surface area (Å²) < 4.78 is 14.8. The van der Waals surface area contributed by atoms with Crippen LogP contribution in [0.4, 0.5) is 10.1 Å². The van der Waals surface area contributed by atoms with Crippen LogP contribution in [0, 0.1) is 5.82 Å². The van der Waals surface area contributed by atoms with Gasteiger partial charge in [0.15, 0.2) is 5.78 Å². The number of benzene rings is 1. The number of likely N-dealkylation sites (N-methyl/N-ethyl adjacent to an activating group) is 1. The van der Waals surface area contributed by atoms with Crippen LogP contribution in [0.2, 0.25) is 0 Å². The summed E-state index contributed by atoms with van der Waals surface area (Å²) in [5.74, 6) is -0.688. The fourth-order valence-corrected chi connectivity index (χ4v) is 3.61. The zero-order valence-corrected chi connectivity index (χ0v) is 18.5. The molecule has 4 rings (SSSR count). The molecule has 2 heterocycles. The second kappa shape index (κ2) is 9.46. The number of carbonyl (C=O) groups excluding carboxylic acids is 2. The summed E-state index contributed by atoms with van der Waals surface area (Å²) in [5, 5.41) is 5.54. The van der Waals surface area contributed by atoms with Crippen molar-refractivity contribution >= 4 is 17.4 Å². The summed E-state index contributed by atoms with van der Waals surface area (Å²) >= 11 is 0. The average Bonchev–Trinajstić information content (AvgIpc) is 3.66. The molecule has 0 saturated heterocycles. The average molecular weight is 448 g/mol. The van der Waals surface area contributed by atoms with Crippen molar-refractivity contribution in [3.63, 3.8) is 0 Å². The number of aromatic nitrogens is 2. The molecular weight excluding hydrogens is 423 g/mol. The molecular formula is C25H25FN4O3. The fraction of sp³-hybridized carbons (Fsp3) is 0.280. The van der Waals surface area contributed by atoms with Gasteiger partial charge in [-0.1, -0.05) is 0 Å². The van der Waals surface area contributed by atoms with Gasteiger partial charge in [0.1, 0.15) is 11.5 Å². The normalized spacial score (nSPS) is 14.0. The van der Waals surface area contributed by atoms with Crippen molar-refractivity contribution in [1.29, 1.82) is 0 Å². The standard InChI is InChI=1S/C25H25FN4O3/c1-15(27-2)24(32)29-21-9-10-22(17-3-4-17)30(25(21)33)14-16-11-19(13-28-12-16)23(31)18-5-7-20(26)8-6-18/h5-13,15,17,27H,3-4,14H2,1-2H3,(H,29,32)/t15-/m1/s1. The third-order valence-corrected chi connectivity index (χ3v) is 5.79. The van der Waals surface area contributed by atoms with E-state index < -0.39 is 11.9 Å². The molecule has 1 aliphatic rings. The predicted molar refractivity (Wildman–Crippen MR) is 123 cm³/mol. The SMILES string of the molecule is CN[C@H](C)C(=O)Nc1ccc(C2CC2)n(Cc2cncc(C(=O)c3ccc(F)cc3)c2)c1=O. The largest absolute Gasteiger partial charge is 0.320 e. The first-order chi connectivity index (χ1) is 15.9. The Balaban J connectivity index is 1.64. The molecule has 3 aromatic rings. The Morgan fingerprint density at radius 2 is 1.85 bits per heavy atom. The lowest BCUT2D eigenvalue weighted by atomic mass is 10.0. The minimum Gasteiger partial charge on any atom is -0.320 e. The molecule has 7 nitrogen and oxygen atoms in total. The Hall–Kier alpha value is -3.65. The van der Waals surface area contributed by atoms with Crippen molar-refractivity contribution < 1.29 is 14.0 Å². The highest BCUT2D eigenvalue weighted by molar-refractivity contribution is 6.08. The van der Waals surface area contributed by atoms with E-state index in [1.807, 2.05) is 6.07 Å². The van der Waals surface area contributed by atoms with E-state index in [2.05, 4.69) is 15.6 Å². The first-order valence-corrected chi connectivity index (χ1v) is 10.8. The molecule has 2 aromatic heterocycles. The van der Waals surface area contributed by atoms with Crippen molar-refractivity contribution in [1.82, 2.24) is 14.9 Å². The van der Waals surface area contributed by atoms with Gasteiger partial charge in [0.25, 0.3) is 5.56 Å². The Bertz CT molecular complexity index is 1250. The maximum absolute atomic E-state index is 13.2. The second-order valence-corrected chi connectivity index (χ2v) is 8.25. The van der Waals surface area contributed by atoms with Crippen LogP contribution in [-0.4, -0.2) is 34.3 Å². The molecule has 0 spiro atoms. The molecule has 33 heavy (non-hydrogen) atoms. The van der Waals surface area contributed by atoms with Gasteiger partial charge in [-0.3, -0.25) is 19.4 Å². The summed E-state index contributed by atoms with van der Waals surface area (Å²) in [6.45, 7) is 1.93. The van der Waals surface area contributed by atoms with E-state index >= 15 is 0 Å². The van der Waals surface area contributed by atoms with Gasteiger partial charge in [0.2, 0.25) is 5.91 Å². The van der Waals surface area contributed by atoms with E-state index in [4.69, 9.17) is 0 Å². The van der Waals surface area contributed by atoms with Crippen LogP contribution in [0.15, 0.2) is 59.7 Å². The summed E-state index contributed by atoms with van der Waals surface area (Å²) in [4.78, 5) is 42.5. The van der Waals surface area contributed by atoms with Crippen molar-refractivity contribution in [2.24, 2.45) is 0 Å². The van der Waals surface area contributed by atoms with Crippen LogP contribution in [0.1, 0.15) is 52.9 Å². The van der Waals surface area contributed by atoms with Crippen molar-refractivity contribution in [2.75, 3.05) is 12.4 Å². The van der Waals surface area contributed by atoms with E-state index in [-0.39, 0.29) is 29.5 Å². The van der Waals surface area contributed by atoms with Gasteiger partial charge >= 0.3 is 0 Å². The lowest BCUT2D eigenvalue weighted by Gasteiger charge is -2.16. The number of nitrogens with one attached hydrogen (secondary N) is 2. The van der Waals surface area contributed by atoms with E-state index in [0.717, 1.165) is 18.5 Å². The highest BCUT2D eigenvalue weighted by atomic mass is 19.1. The smallest absolute Gasteiger partial charge is 0.274 e. The third kappa shape index (κ3) is 5.06. The highest BCUT2D eigenvalue weighted by Gasteiger charge is 2.28. The minimum absolute atomic E-state index is 0.206. The zero-order valence-electron chi connectivity index (χ0n) is 18.5. The predicted octanol–water partition coefficient (Wildman–Crippen LogP) is 3.09. The molecule has 0 radical (unpaired) electrons. The maximum atomic E-state index is 13.2. The molecule has 170 valence electrons. The van der Waals surface area contributed by atoms with E-state index in [0.29, 0.717) is 22.6 Å². The molecule has 0 aliphatic heterocycles. The summed E-state index contributed by atoms with van der Waals surface area (Å²) in [6.07, 6.45) is 5.07. The molecule has 2 N–H and O–H groups in total. The number of carbonyl (C=O) groups is 2. The quantitative estimate of drug-likeness (QED) is 0.517. The highest BCUT2D eigenvalue weighted by Crippen LogP contribution is 2.39. The molecule has 1 aromatic carbocycles. The lowest BCUT2D eigenvalue weighted by Crippen LogP contribution is -2.38. The Kier molecular flexibility index (Phi) is 6.46. The number of amides is 1. The number of ketones is 1. The van der Waals surface area contributed by atoms with Gasteiger partial charge in [-0.25, -0.2) is 4.39 Å². The van der Waals surface area contributed by atoms with Crippen LogP contribution in [0.5, 0.6) is 0 Å². The van der Waals surface area contributed by atoms with Gasteiger partial charge in [0, 0.05) is 29.2 Å². The lowest BCUT2D eigenvalue weighted by molar-refractivity contribution is -0.117. The van der Waals surface area contributed by atoms with Crippen molar-refractivity contribution in [3.8, 4) is 0 Å². The van der Waals surface area contributed by atoms with Crippen molar-refractivity contribution in [2.45, 2.75) is 38.3 Å². The molecule has 1 fully saturated rings. The monoisotopic (exact) mass is 448 g/mol. The fourth-order valence-electron chi connectivity index (χ4n) is 3.61. The topological polar surface area (TPSA) is 93.1 Å². The van der Waals surface area contributed by atoms with Gasteiger partial charge < -0.3 is 15.2 Å². The number of rotatable bonds is 8. The van der Waals surface area contributed by atoms with E-state index in [9.17, 15) is 18.8 Å².